The first kappa shape index (κ1) is 25.4. The molecule has 1 nitrogen and oxygen atoms in total. The fourth-order valence-electron chi connectivity index (χ4n) is 6.08. The van der Waals surface area contributed by atoms with E-state index in [4.69, 9.17) is 4.74 Å². The number of hydrogen-bond acceptors (Lipinski definition) is 1. The van der Waals surface area contributed by atoms with Crippen molar-refractivity contribution in [3.63, 3.8) is 0 Å². The molecule has 0 bridgehead atoms. The van der Waals surface area contributed by atoms with E-state index in [9.17, 15) is 8.78 Å². The molecule has 0 spiro atoms. The van der Waals surface area contributed by atoms with Gasteiger partial charge in [0.1, 0.15) is 0 Å². The van der Waals surface area contributed by atoms with Gasteiger partial charge in [-0.1, -0.05) is 75.2 Å². The third-order valence-corrected chi connectivity index (χ3v) is 8.61. The maximum Gasteiger partial charge on any atom is 0.360 e. The summed E-state index contributed by atoms with van der Waals surface area (Å²) in [5.74, 6) is 2.94. The van der Waals surface area contributed by atoms with Crippen LogP contribution in [0.3, 0.4) is 0 Å². The van der Waals surface area contributed by atoms with Gasteiger partial charge < -0.3 is 4.74 Å². The third kappa shape index (κ3) is 6.90. The molecule has 186 valence electrons. The highest BCUT2D eigenvalue weighted by molar-refractivity contribution is 5.27. The minimum atomic E-state index is -3.17. The summed E-state index contributed by atoms with van der Waals surface area (Å²) in [7, 11) is 0. The molecule has 2 aliphatic carbocycles. The van der Waals surface area contributed by atoms with Crippen LogP contribution in [0.4, 0.5) is 8.78 Å². The van der Waals surface area contributed by atoms with Crippen molar-refractivity contribution in [2.24, 2.45) is 11.8 Å². The van der Waals surface area contributed by atoms with Crippen LogP contribution in [-0.2, 0) is 17.8 Å². The Morgan fingerprint density at radius 1 is 0.647 bits per heavy atom. The summed E-state index contributed by atoms with van der Waals surface area (Å²) < 4.78 is 34.2. The Hall–Kier alpha value is -1.74. The van der Waals surface area contributed by atoms with Crippen molar-refractivity contribution in [1.29, 1.82) is 0 Å². The van der Waals surface area contributed by atoms with E-state index in [0.717, 1.165) is 17.4 Å². The predicted molar refractivity (Wildman–Crippen MR) is 136 cm³/mol. The van der Waals surface area contributed by atoms with Gasteiger partial charge in [-0.15, -0.1) is 0 Å². The second-order valence-electron chi connectivity index (χ2n) is 10.8. The quantitative estimate of drug-likeness (QED) is 0.356. The van der Waals surface area contributed by atoms with Crippen LogP contribution in [0.15, 0.2) is 48.5 Å². The Balaban J connectivity index is 1.25. The third-order valence-electron chi connectivity index (χ3n) is 8.61. The average Bonchev–Trinajstić information content (AvgIpc) is 2.88. The minimum absolute atomic E-state index is 0.0609. The van der Waals surface area contributed by atoms with Gasteiger partial charge in [0.05, 0.1) is 13.0 Å². The Bertz CT molecular complexity index is 857. The normalized spacial score (nSPS) is 25.9. The summed E-state index contributed by atoms with van der Waals surface area (Å²) in [6.07, 6.45) is 9.10. The molecule has 2 fully saturated rings. The zero-order valence-corrected chi connectivity index (χ0v) is 21.1. The molecule has 2 aliphatic rings. The summed E-state index contributed by atoms with van der Waals surface area (Å²) in [5, 5.41) is 0. The first-order valence-electron chi connectivity index (χ1n) is 13.6. The zero-order chi connectivity index (χ0) is 24.0. The van der Waals surface area contributed by atoms with Crippen LogP contribution in [0.2, 0.25) is 0 Å². The number of halogens is 2. The van der Waals surface area contributed by atoms with E-state index >= 15 is 0 Å². The molecule has 2 aromatic carbocycles. The Kier molecular flexibility index (Phi) is 8.80. The second-order valence-corrected chi connectivity index (χ2v) is 10.8. The standard InChI is InChI=1S/C31H42F2O/c1-3-23-5-13-27(14-6-23)29-17-9-25(10-18-29)21-31(32,33)34-22-26-11-19-30(20-12-26)28-15-7-24(4-2)8-16-28/h9-12,17-20,23-24,27-28H,3-8,13-16,21-22H2,1-2H3. The van der Waals surface area contributed by atoms with E-state index in [1.54, 1.807) is 0 Å². The number of benzene rings is 2. The van der Waals surface area contributed by atoms with Gasteiger partial charge in [0, 0.05) is 0 Å². The van der Waals surface area contributed by atoms with E-state index in [0.29, 0.717) is 17.4 Å². The van der Waals surface area contributed by atoms with Crippen LogP contribution in [0.5, 0.6) is 0 Å². The molecule has 2 saturated carbocycles. The molecule has 34 heavy (non-hydrogen) atoms. The molecule has 0 atom stereocenters. The smallest absolute Gasteiger partial charge is 0.315 e. The highest BCUT2D eigenvalue weighted by atomic mass is 19.3. The van der Waals surface area contributed by atoms with E-state index in [1.807, 2.05) is 24.3 Å². The number of alkyl halides is 2. The fraction of sp³-hybridized carbons (Fsp3) is 0.613. The number of ether oxygens (including phenoxy) is 1. The van der Waals surface area contributed by atoms with Crippen molar-refractivity contribution in [2.75, 3.05) is 0 Å². The highest BCUT2D eigenvalue weighted by Gasteiger charge is 2.31. The van der Waals surface area contributed by atoms with Crippen molar-refractivity contribution in [3.05, 3.63) is 70.8 Å². The molecule has 0 aliphatic heterocycles. The molecule has 0 N–H and O–H groups in total. The van der Waals surface area contributed by atoms with Gasteiger partial charge in [-0.05, 0) is 97.3 Å². The predicted octanol–water partition coefficient (Wildman–Crippen LogP) is 9.41. The van der Waals surface area contributed by atoms with E-state index < -0.39 is 6.11 Å². The monoisotopic (exact) mass is 468 g/mol. The molecule has 0 radical (unpaired) electrons. The number of hydrogen-bond donors (Lipinski definition) is 0. The number of rotatable bonds is 9. The van der Waals surface area contributed by atoms with E-state index in [1.165, 1.54) is 75.3 Å². The van der Waals surface area contributed by atoms with E-state index in [2.05, 4.69) is 38.1 Å². The first-order chi connectivity index (χ1) is 16.5. The molecular formula is C31H42F2O. The largest absolute Gasteiger partial charge is 0.360 e. The topological polar surface area (TPSA) is 9.23 Å². The van der Waals surface area contributed by atoms with Gasteiger partial charge in [-0.2, -0.15) is 8.78 Å². The molecule has 0 unspecified atom stereocenters. The van der Waals surface area contributed by atoms with Gasteiger partial charge in [0.15, 0.2) is 0 Å². The van der Waals surface area contributed by atoms with Gasteiger partial charge in [-0.25, -0.2) is 0 Å². The van der Waals surface area contributed by atoms with Gasteiger partial charge in [-0.3, -0.25) is 0 Å². The lowest BCUT2D eigenvalue weighted by Crippen LogP contribution is -2.23. The minimum Gasteiger partial charge on any atom is -0.315 e. The van der Waals surface area contributed by atoms with Gasteiger partial charge >= 0.3 is 6.11 Å². The summed E-state index contributed by atoms with van der Waals surface area (Å²) in [6, 6.07) is 16.0. The first-order valence-corrected chi connectivity index (χ1v) is 13.6. The van der Waals surface area contributed by atoms with Crippen molar-refractivity contribution in [1.82, 2.24) is 0 Å². The molecule has 2 aromatic rings. The highest BCUT2D eigenvalue weighted by Crippen LogP contribution is 2.38. The van der Waals surface area contributed by atoms with Crippen LogP contribution in [0.1, 0.15) is 112 Å². The Morgan fingerprint density at radius 3 is 1.47 bits per heavy atom. The van der Waals surface area contributed by atoms with Crippen LogP contribution < -0.4 is 0 Å². The Morgan fingerprint density at radius 2 is 1.06 bits per heavy atom. The molecule has 0 aromatic heterocycles. The summed E-state index contributed by atoms with van der Waals surface area (Å²) in [5.41, 5.74) is 4.08. The maximum atomic E-state index is 14.6. The lowest BCUT2D eigenvalue weighted by Gasteiger charge is -2.28. The molecule has 4 rings (SSSR count). The van der Waals surface area contributed by atoms with Crippen LogP contribution in [0.25, 0.3) is 0 Å². The maximum absolute atomic E-state index is 14.6. The van der Waals surface area contributed by atoms with E-state index in [-0.39, 0.29) is 13.0 Å². The summed E-state index contributed by atoms with van der Waals surface area (Å²) >= 11 is 0. The van der Waals surface area contributed by atoms with Crippen molar-refractivity contribution in [3.8, 4) is 0 Å². The molecule has 0 amide bonds. The molecule has 0 heterocycles. The second kappa shape index (κ2) is 11.8. The van der Waals surface area contributed by atoms with Crippen molar-refractivity contribution < 1.29 is 13.5 Å². The van der Waals surface area contributed by atoms with Crippen LogP contribution >= 0.6 is 0 Å². The molecule has 3 heteroatoms. The molecule has 0 saturated heterocycles. The zero-order valence-electron chi connectivity index (χ0n) is 21.1. The lowest BCUT2D eigenvalue weighted by atomic mass is 9.78. The summed E-state index contributed by atoms with van der Waals surface area (Å²) in [6.45, 7) is 4.49. The van der Waals surface area contributed by atoms with Crippen molar-refractivity contribution in [2.45, 2.75) is 109 Å². The van der Waals surface area contributed by atoms with Crippen LogP contribution in [0, 0.1) is 11.8 Å². The van der Waals surface area contributed by atoms with Crippen molar-refractivity contribution >= 4 is 0 Å². The summed E-state index contributed by atoms with van der Waals surface area (Å²) in [4.78, 5) is 0. The average molecular weight is 469 g/mol. The van der Waals surface area contributed by atoms with Gasteiger partial charge in [0.25, 0.3) is 0 Å². The molecular weight excluding hydrogens is 426 g/mol. The van der Waals surface area contributed by atoms with Crippen LogP contribution in [-0.4, -0.2) is 6.11 Å². The SMILES string of the molecule is CCC1CCC(c2ccc(COC(F)(F)Cc3ccc(C4CCC(CC)CC4)cc3)cc2)CC1. The van der Waals surface area contributed by atoms with Gasteiger partial charge in [0.2, 0.25) is 0 Å². The fourth-order valence-corrected chi connectivity index (χ4v) is 6.08. The lowest BCUT2D eigenvalue weighted by molar-refractivity contribution is -0.244. The Labute approximate surface area is 205 Å².